The maximum absolute atomic E-state index is 12.4. The van der Waals surface area contributed by atoms with Crippen LogP contribution in [0.5, 0.6) is 5.75 Å². The van der Waals surface area contributed by atoms with Crippen LogP contribution in [0.3, 0.4) is 0 Å². The van der Waals surface area contributed by atoms with Crippen molar-refractivity contribution in [1.82, 2.24) is 10.3 Å². The van der Waals surface area contributed by atoms with Crippen LogP contribution in [0.15, 0.2) is 57.8 Å². The molecule has 1 N–H and O–H groups in total. The first kappa shape index (κ1) is 25.2. The number of benzene rings is 2. The molecule has 3 rings (SSSR count). The highest BCUT2D eigenvalue weighted by Crippen LogP contribution is 2.26. The first-order chi connectivity index (χ1) is 16.0. The van der Waals surface area contributed by atoms with Crippen molar-refractivity contribution in [1.29, 1.82) is 0 Å². The minimum atomic E-state index is -0.0626. The van der Waals surface area contributed by atoms with Gasteiger partial charge in [-0.3, -0.25) is 4.79 Å². The minimum absolute atomic E-state index is 0.00444. The number of oxazole rings is 1. The fraction of sp³-hybridized carbons (Fsp3) is 0.385. The van der Waals surface area contributed by atoms with Gasteiger partial charge in [0.25, 0.3) is 0 Å². The van der Waals surface area contributed by atoms with Crippen molar-refractivity contribution in [3.8, 4) is 17.2 Å². The Balaban J connectivity index is 1.45. The molecule has 1 amide bonds. The average Bonchev–Trinajstić information content (AvgIpc) is 3.20. The molecule has 0 fully saturated rings. The highest BCUT2D eigenvalue weighted by molar-refractivity contribution is 7.99. The van der Waals surface area contributed by atoms with E-state index in [0.717, 1.165) is 47.8 Å². The number of nitrogens with zero attached hydrogens (tertiary/aromatic N) is 1. The number of carbonyl (C=O) groups is 1. The van der Waals surface area contributed by atoms with Gasteiger partial charge < -0.3 is 14.5 Å². The molecule has 0 aliphatic heterocycles. The van der Waals surface area contributed by atoms with Crippen molar-refractivity contribution in [3.63, 3.8) is 0 Å². The topological polar surface area (TPSA) is 64.4 Å². The molecule has 0 aliphatic carbocycles. The van der Waals surface area contributed by atoms with Gasteiger partial charge in [-0.05, 0) is 68.5 Å². The molecule has 2 aromatic carbocycles. The second-order valence-electron chi connectivity index (χ2n) is 7.80. The van der Waals surface area contributed by atoms with Gasteiger partial charge in [-0.15, -0.1) is 23.5 Å². The third kappa shape index (κ3) is 7.57. The number of carbonyl (C=O) groups excluding carboxylic acids is 1. The van der Waals surface area contributed by atoms with Crippen molar-refractivity contribution < 1.29 is 13.9 Å². The molecule has 3 aromatic rings. The molecule has 1 heterocycles. The zero-order valence-electron chi connectivity index (χ0n) is 19.7. The summed E-state index contributed by atoms with van der Waals surface area (Å²) in [5.74, 6) is 3.28. The smallest absolute Gasteiger partial charge is 0.230 e. The van der Waals surface area contributed by atoms with Gasteiger partial charge in [0.2, 0.25) is 11.8 Å². The van der Waals surface area contributed by atoms with Crippen LogP contribution in [-0.4, -0.2) is 29.5 Å². The Morgan fingerprint density at radius 1 is 1.15 bits per heavy atom. The van der Waals surface area contributed by atoms with E-state index in [1.165, 1.54) is 16.7 Å². The summed E-state index contributed by atoms with van der Waals surface area (Å²) >= 11 is 3.24. The van der Waals surface area contributed by atoms with Gasteiger partial charge in [-0.1, -0.05) is 25.5 Å². The lowest BCUT2D eigenvalue weighted by atomic mass is 10.1. The van der Waals surface area contributed by atoms with Crippen molar-refractivity contribution in [2.24, 2.45) is 0 Å². The number of thioether (sulfide) groups is 2. The average molecular weight is 485 g/mol. The predicted molar refractivity (Wildman–Crippen MR) is 138 cm³/mol. The third-order valence-corrected chi connectivity index (χ3v) is 6.91. The van der Waals surface area contributed by atoms with E-state index < -0.39 is 0 Å². The first-order valence-electron chi connectivity index (χ1n) is 11.2. The fourth-order valence-electron chi connectivity index (χ4n) is 3.21. The number of aryl methyl sites for hydroxylation is 1. The summed E-state index contributed by atoms with van der Waals surface area (Å²) in [7, 11) is 0. The number of hydrogen-bond donors (Lipinski definition) is 1. The predicted octanol–water partition coefficient (Wildman–Crippen LogP) is 6.66. The van der Waals surface area contributed by atoms with Gasteiger partial charge >= 0.3 is 0 Å². The van der Waals surface area contributed by atoms with Crippen LogP contribution in [-0.2, 0) is 10.5 Å². The fourth-order valence-corrected chi connectivity index (χ4v) is 4.45. The Labute approximate surface area is 205 Å². The lowest BCUT2D eigenvalue weighted by molar-refractivity contribution is -0.119. The van der Waals surface area contributed by atoms with Gasteiger partial charge in [0.1, 0.15) is 11.5 Å². The van der Waals surface area contributed by atoms with Crippen molar-refractivity contribution in [2.45, 2.75) is 50.3 Å². The Hall–Kier alpha value is -2.38. The molecule has 1 aromatic heterocycles. The minimum Gasteiger partial charge on any atom is -0.494 e. The maximum atomic E-state index is 12.4. The molecular weight excluding hydrogens is 452 g/mol. The molecule has 1 atom stereocenters. The number of nitrogens with one attached hydrogen (secondary N) is 1. The summed E-state index contributed by atoms with van der Waals surface area (Å²) in [6.07, 6.45) is 4.21. The second kappa shape index (κ2) is 12.8. The molecule has 7 heteroatoms. The van der Waals surface area contributed by atoms with Crippen LogP contribution >= 0.6 is 23.5 Å². The molecule has 33 heavy (non-hydrogen) atoms. The van der Waals surface area contributed by atoms with Crippen LogP contribution in [0.2, 0.25) is 0 Å². The van der Waals surface area contributed by atoms with Crippen molar-refractivity contribution in [2.75, 3.05) is 18.6 Å². The SMILES string of the molecule is CCCCOc1ccc(C(C)NC(=O)CSCc2nc(-c3ccc(SC)cc3)oc2C)cc1. The quantitative estimate of drug-likeness (QED) is 0.229. The molecule has 0 bridgehead atoms. The Morgan fingerprint density at radius 3 is 2.55 bits per heavy atom. The Morgan fingerprint density at radius 2 is 1.88 bits per heavy atom. The normalized spacial score (nSPS) is 11.9. The van der Waals surface area contributed by atoms with E-state index in [9.17, 15) is 4.79 Å². The van der Waals surface area contributed by atoms with E-state index in [4.69, 9.17) is 9.15 Å². The summed E-state index contributed by atoms with van der Waals surface area (Å²) in [5.41, 5.74) is 2.89. The van der Waals surface area contributed by atoms with E-state index in [1.54, 1.807) is 11.8 Å². The lowest BCUT2D eigenvalue weighted by Gasteiger charge is -2.15. The number of hydrogen-bond acceptors (Lipinski definition) is 6. The van der Waals surface area contributed by atoms with Gasteiger partial charge in [0.15, 0.2) is 0 Å². The summed E-state index contributed by atoms with van der Waals surface area (Å²) in [6.45, 7) is 6.79. The standard InChI is InChI=1S/C26H32N2O3S2/c1-5-6-15-30-22-11-7-20(8-12-22)18(2)27-25(29)17-33-16-24-19(3)31-26(28-24)21-9-13-23(32-4)14-10-21/h7-14,18H,5-6,15-17H2,1-4H3,(H,27,29). The maximum Gasteiger partial charge on any atom is 0.230 e. The van der Waals surface area contributed by atoms with Gasteiger partial charge in [-0.25, -0.2) is 4.98 Å². The third-order valence-electron chi connectivity index (χ3n) is 5.23. The van der Waals surface area contributed by atoms with Gasteiger partial charge in [0.05, 0.1) is 24.1 Å². The molecule has 0 radical (unpaired) electrons. The molecule has 176 valence electrons. The summed E-state index contributed by atoms with van der Waals surface area (Å²) in [4.78, 5) is 18.3. The molecule has 5 nitrogen and oxygen atoms in total. The molecular formula is C26H32N2O3S2. The molecule has 1 unspecified atom stereocenters. The Bertz CT molecular complexity index is 1020. The van der Waals surface area contributed by atoms with Gasteiger partial charge in [0, 0.05) is 16.2 Å². The number of unbranched alkanes of at least 4 members (excludes halogenated alkanes) is 1. The number of rotatable bonds is 12. The van der Waals surface area contributed by atoms with Crippen LogP contribution in [0.4, 0.5) is 0 Å². The Kier molecular flexibility index (Phi) is 9.76. The molecule has 0 aliphatic rings. The highest BCUT2D eigenvalue weighted by atomic mass is 32.2. The summed E-state index contributed by atoms with van der Waals surface area (Å²) in [6, 6.07) is 16.0. The van der Waals surface area contributed by atoms with E-state index in [0.29, 0.717) is 17.4 Å². The van der Waals surface area contributed by atoms with E-state index >= 15 is 0 Å². The highest BCUT2D eigenvalue weighted by Gasteiger charge is 2.14. The van der Waals surface area contributed by atoms with E-state index in [2.05, 4.69) is 35.6 Å². The summed E-state index contributed by atoms with van der Waals surface area (Å²) in [5, 5.41) is 3.06. The number of amides is 1. The van der Waals surface area contributed by atoms with E-state index in [1.807, 2.05) is 50.2 Å². The van der Waals surface area contributed by atoms with Gasteiger partial charge in [-0.2, -0.15) is 0 Å². The molecule has 0 saturated carbocycles. The van der Waals surface area contributed by atoms with Crippen LogP contribution in [0.25, 0.3) is 11.5 Å². The summed E-state index contributed by atoms with van der Waals surface area (Å²) < 4.78 is 11.6. The van der Waals surface area contributed by atoms with Crippen molar-refractivity contribution in [3.05, 3.63) is 65.5 Å². The lowest BCUT2D eigenvalue weighted by Crippen LogP contribution is -2.28. The zero-order chi connectivity index (χ0) is 23.6. The largest absolute Gasteiger partial charge is 0.494 e. The molecule has 0 spiro atoms. The van der Waals surface area contributed by atoms with Crippen LogP contribution in [0.1, 0.15) is 49.7 Å². The number of ether oxygens (including phenoxy) is 1. The monoisotopic (exact) mass is 484 g/mol. The van der Waals surface area contributed by atoms with E-state index in [-0.39, 0.29) is 11.9 Å². The molecule has 0 saturated heterocycles. The second-order valence-corrected chi connectivity index (χ2v) is 9.67. The van der Waals surface area contributed by atoms with Crippen LogP contribution < -0.4 is 10.1 Å². The van der Waals surface area contributed by atoms with Crippen LogP contribution in [0, 0.1) is 6.92 Å². The van der Waals surface area contributed by atoms with Crippen molar-refractivity contribution >= 4 is 29.4 Å². The first-order valence-corrected chi connectivity index (χ1v) is 13.6. The number of aromatic nitrogens is 1. The zero-order valence-corrected chi connectivity index (χ0v) is 21.4.